The summed E-state index contributed by atoms with van der Waals surface area (Å²) in [5, 5.41) is 0. The Labute approximate surface area is 150 Å². The van der Waals surface area contributed by atoms with Gasteiger partial charge < -0.3 is 0 Å². The molecule has 2 aromatic carbocycles. The van der Waals surface area contributed by atoms with Crippen LogP contribution in [0.3, 0.4) is 0 Å². The molecule has 4 rings (SSSR count). The van der Waals surface area contributed by atoms with Crippen LogP contribution in [0.1, 0.15) is 50.0 Å². The van der Waals surface area contributed by atoms with E-state index in [1.54, 1.807) is 0 Å². The second kappa shape index (κ2) is 7.65. The molecule has 25 heavy (non-hydrogen) atoms. The molecule has 0 spiro atoms. The summed E-state index contributed by atoms with van der Waals surface area (Å²) in [5.41, 5.74) is 6.07. The Morgan fingerprint density at radius 3 is 1.56 bits per heavy atom. The van der Waals surface area contributed by atoms with Gasteiger partial charge in [0, 0.05) is 11.1 Å². The molecule has 1 aromatic heterocycles. The van der Waals surface area contributed by atoms with Crippen LogP contribution in [0.5, 0.6) is 0 Å². The van der Waals surface area contributed by atoms with Crippen molar-refractivity contribution in [2.75, 3.05) is 0 Å². The summed E-state index contributed by atoms with van der Waals surface area (Å²) in [6.07, 6.45) is 8.11. The number of hydrogen-bond donors (Lipinski definition) is 0. The summed E-state index contributed by atoms with van der Waals surface area (Å²) in [7, 11) is 0. The maximum atomic E-state index is 4.99. The number of aromatic nitrogens is 1. The van der Waals surface area contributed by atoms with Crippen LogP contribution in [0.2, 0.25) is 0 Å². The van der Waals surface area contributed by atoms with Crippen molar-refractivity contribution in [2.24, 2.45) is 0 Å². The molecule has 0 aliphatic heterocycles. The van der Waals surface area contributed by atoms with Crippen molar-refractivity contribution < 1.29 is 0 Å². The van der Waals surface area contributed by atoms with Crippen molar-refractivity contribution in [1.82, 2.24) is 4.98 Å². The lowest BCUT2D eigenvalue weighted by molar-refractivity contribution is 0.592. The van der Waals surface area contributed by atoms with Gasteiger partial charge in [-0.2, -0.15) is 0 Å². The second-order valence-corrected chi connectivity index (χ2v) is 7.09. The fourth-order valence-corrected chi connectivity index (χ4v) is 3.91. The van der Waals surface area contributed by atoms with Gasteiger partial charge in [0.05, 0.1) is 11.4 Å². The van der Waals surface area contributed by atoms with Crippen molar-refractivity contribution in [3.63, 3.8) is 0 Å². The van der Waals surface area contributed by atoms with Crippen molar-refractivity contribution in [3.05, 3.63) is 78.4 Å². The number of nitrogens with zero attached hydrogens (tertiary/aromatic N) is 1. The number of hydrogen-bond acceptors (Lipinski definition) is 1. The number of pyridine rings is 1. The molecular weight excluding hydrogens is 302 g/mol. The lowest BCUT2D eigenvalue weighted by Crippen LogP contribution is -2.00. The van der Waals surface area contributed by atoms with Crippen molar-refractivity contribution >= 4 is 0 Å². The first-order chi connectivity index (χ1) is 12.4. The Bertz CT molecular complexity index is 742. The minimum atomic E-state index is 0.676. The third kappa shape index (κ3) is 3.82. The van der Waals surface area contributed by atoms with E-state index in [0.29, 0.717) is 5.92 Å². The minimum Gasteiger partial charge on any atom is -0.248 e. The molecule has 0 radical (unpaired) electrons. The molecule has 1 aliphatic carbocycles. The van der Waals surface area contributed by atoms with E-state index in [4.69, 9.17) is 4.98 Å². The molecular formula is C24H25N. The van der Waals surface area contributed by atoms with Crippen molar-refractivity contribution in [2.45, 2.75) is 44.4 Å². The van der Waals surface area contributed by atoms with Gasteiger partial charge in [0.2, 0.25) is 0 Å². The fourth-order valence-electron chi connectivity index (χ4n) is 3.91. The van der Waals surface area contributed by atoms with Gasteiger partial charge in [-0.25, -0.2) is 4.98 Å². The standard InChI is InChI=1S/C24H25N/c1-2-6-12-19(11-5-1)22-17-23(20-13-7-3-8-14-20)25-24(18-22)21-15-9-4-10-16-21/h3-4,7-10,13-19H,1-2,5-6,11-12H2. The molecule has 0 unspecified atom stereocenters. The largest absolute Gasteiger partial charge is 0.248 e. The smallest absolute Gasteiger partial charge is 0.0712 e. The van der Waals surface area contributed by atoms with E-state index in [2.05, 4.69) is 72.8 Å². The van der Waals surface area contributed by atoms with Crippen LogP contribution in [-0.4, -0.2) is 4.98 Å². The highest BCUT2D eigenvalue weighted by molar-refractivity contribution is 5.67. The first kappa shape index (κ1) is 16.1. The quantitative estimate of drug-likeness (QED) is 0.479. The van der Waals surface area contributed by atoms with Gasteiger partial charge in [0.1, 0.15) is 0 Å². The van der Waals surface area contributed by atoms with Crippen LogP contribution in [0.15, 0.2) is 72.8 Å². The summed E-state index contributed by atoms with van der Waals surface area (Å²) in [5.74, 6) is 0.676. The van der Waals surface area contributed by atoms with Gasteiger partial charge in [-0.1, -0.05) is 86.3 Å². The summed E-state index contributed by atoms with van der Waals surface area (Å²) in [6.45, 7) is 0. The molecule has 0 N–H and O–H groups in total. The van der Waals surface area contributed by atoms with Gasteiger partial charge in [-0.05, 0) is 36.5 Å². The molecule has 3 aromatic rings. The molecule has 1 fully saturated rings. The van der Waals surface area contributed by atoms with E-state index >= 15 is 0 Å². The second-order valence-electron chi connectivity index (χ2n) is 7.09. The molecule has 1 heteroatoms. The molecule has 1 heterocycles. The topological polar surface area (TPSA) is 12.9 Å². The highest BCUT2D eigenvalue weighted by Gasteiger charge is 2.17. The number of rotatable bonds is 3. The Hall–Kier alpha value is -2.41. The van der Waals surface area contributed by atoms with Gasteiger partial charge >= 0.3 is 0 Å². The Kier molecular flexibility index (Phi) is 4.92. The normalized spacial score (nSPS) is 15.7. The van der Waals surface area contributed by atoms with Gasteiger partial charge in [-0.3, -0.25) is 0 Å². The average molecular weight is 327 g/mol. The molecule has 1 aliphatic rings. The van der Waals surface area contributed by atoms with E-state index in [1.807, 2.05) is 0 Å². The molecule has 0 bridgehead atoms. The van der Waals surface area contributed by atoms with Crippen molar-refractivity contribution in [3.8, 4) is 22.5 Å². The monoisotopic (exact) mass is 327 g/mol. The summed E-state index contributed by atoms with van der Waals surface area (Å²) in [4.78, 5) is 4.99. The first-order valence-electron chi connectivity index (χ1n) is 9.53. The molecule has 0 amide bonds. The van der Waals surface area contributed by atoms with Gasteiger partial charge in [-0.15, -0.1) is 0 Å². The Balaban J connectivity index is 1.80. The van der Waals surface area contributed by atoms with Crippen LogP contribution in [0.4, 0.5) is 0 Å². The van der Waals surface area contributed by atoms with Gasteiger partial charge in [0.25, 0.3) is 0 Å². The lowest BCUT2D eigenvalue weighted by atomic mass is 9.90. The fraction of sp³-hybridized carbons (Fsp3) is 0.292. The molecule has 1 saturated carbocycles. The van der Waals surface area contributed by atoms with E-state index in [0.717, 1.165) is 11.4 Å². The SMILES string of the molecule is c1ccc(-c2cc(C3CCCCCC3)cc(-c3ccccc3)n2)cc1. The Morgan fingerprint density at radius 1 is 0.600 bits per heavy atom. The average Bonchev–Trinajstić information content (AvgIpc) is 2.99. The van der Waals surface area contributed by atoms with Crippen molar-refractivity contribution in [1.29, 1.82) is 0 Å². The van der Waals surface area contributed by atoms with E-state index in [9.17, 15) is 0 Å². The highest BCUT2D eigenvalue weighted by atomic mass is 14.7. The van der Waals surface area contributed by atoms with Crippen LogP contribution in [0.25, 0.3) is 22.5 Å². The predicted molar refractivity (Wildman–Crippen MR) is 106 cm³/mol. The molecule has 0 saturated heterocycles. The summed E-state index contributed by atoms with van der Waals surface area (Å²) < 4.78 is 0. The zero-order chi connectivity index (χ0) is 16.9. The van der Waals surface area contributed by atoms with E-state index in [-0.39, 0.29) is 0 Å². The van der Waals surface area contributed by atoms with Crippen LogP contribution >= 0.6 is 0 Å². The van der Waals surface area contributed by atoms with E-state index < -0.39 is 0 Å². The molecule has 1 nitrogen and oxygen atoms in total. The molecule has 126 valence electrons. The zero-order valence-corrected chi connectivity index (χ0v) is 14.7. The minimum absolute atomic E-state index is 0.676. The maximum absolute atomic E-state index is 4.99. The van der Waals surface area contributed by atoms with Crippen LogP contribution in [-0.2, 0) is 0 Å². The maximum Gasteiger partial charge on any atom is 0.0712 e. The predicted octanol–water partition coefficient (Wildman–Crippen LogP) is 6.85. The third-order valence-electron chi connectivity index (χ3n) is 5.31. The summed E-state index contributed by atoms with van der Waals surface area (Å²) in [6, 6.07) is 25.8. The zero-order valence-electron chi connectivity index (χ0n) is 14.7. The van der Waals surface area contributed by atoms with Crippen LogP contribution in [0, 0.1) is 0 Å². The number of benzene rings is 2. The van der Waals surface area contributed by atoms with Crippen LogP contribution < -0.4 is 0 Å². The first-order valence-corrected chi connectivity index (χ1v) is 9.53. The van der Waals surface area contributed by atoms with E-state index in [1.165, 1.54) is 55.2 Å². The third-order valence-corrected chi connectivity index (χ3v) is 5.31. The Morgan fingerprint density at radius 2 is 1.08 bits per heavy atom. The molecule has 0 atom stereocenters. The summed E-state index contributed by atoms with van der Waals surface area (Å²) >= 11 is 0. The highest BCUT2D eigenvalue weighted by Crippen LogP contribution is 2.35. The lowest BCUT2D eigenvalue weighted by Gasteiger charge is -2.17. The van der Waals surface area contributed by atoms with Gasteiger partial charge in [0.15, 0.2) is 0 Å².